The summed E-state index contributed by atoms with van der Waals surface area (Å²) in [6, 6.07) is 13.0. The molecule has 0 saturated carbocycles. The molecule has 1 aliphatic heterocycles. The van der Waals surface area contributed by atoms with Crippen LogP contribution in [0.3, 0.4) is 0 Å². The largest absolute Gasteiger partial charge is 0.486 e. The van der Waals surface area contributed by atoms with Gasteiger partial charge in [0, 0.05) is 12.7 Å². The first-order valence-electron chi connectivity index (χ1n) is 8.50. The summed E-state index contributed by atoms with van der Waals surface area (Å²) >= 11 is 0. The number of benzene rings is 2. The Bertz CT molecular complexity index is 802. The molecule has 2 aromatic rings. The van der Waals surface area contributed by atoms with E-state index in [-0.39, 0.29) is 24.8 Å². The third-order valence-electron chi connectivity index (χ3n) is 4.10. The molecule has 0 atom stereocenters. The monoisotopic (exact) mass is 354 g/mol. The normalized spacial score (nSPS) is 12.4. The van der Waals surface area contributed by atoms with Crippen molar-refractivity contribution in [1.29, 1.82) is 0 Å². The van der Waals surface area contributed by atoms with Crippen LogP contribution < -0.4 is 14.8 Å². The van der Waals surface area contributed by atoms with Gasteiger partial charge in [0.25, 0.3) is 0 Å². The molecule has 0 saturated heterocycles. The van der Waals surface area contributed by atoms with Crippen LogP contribution in [0.1, 0.15) is 11.1 Å². The maximum atomic E-state index is 12.4. The predicted molar refractivity (Wildman–Crippen MR) is 98.6 cm³/mol. The summed E-state index contributed by atoms with van der Waals surface area (Å²) in [5.41, 5.74) is 2.66. The smallest absolute Gasteiger partial charge is 0.243 e. The van der Waals surface area contributed by atoms with E-state index >= 15 is 0 Å². The van der Waals surface area contributed by atoms with Crippen LogP contribution in [-0.4, -0.2) is 43.5 Å². The van der Waals surface area contributed by atoms with Gasteiger partial charge in [-0.3, -0.25) is 9.59 Å². The Morgan fingerprint density at radius 2 is 1.73 bits per heavy atom. The van der Waals surface area contributed by atoms with Crippen molar-refractivity contribution in [1.82, 2.24) is 4.90 Å². The molecule has 6 heteroatoms. The average Bonchev–Trinajstić information content (AvgIpc) is 2.63. The Labute approximate surface area is 152 Å². The second-order valence-electron chi connectivity index (χ2n) is 6.32. The first-order valence-corrected chi connectivity index (χ1v) is 8.50. The van der Waals surface area contributed by atoms with Gasteiger partial charge in [0.1, 0.15) is 13.2 Å². The van der Waals surface area contributed by atoms with Crippen molar-refractivity contribution in [2.45, 2.75) is 13.3 Å². The number of likely N-dealkylation sites (N-methyl/N-ethyl adjacent to an activating group) is 1. The van der Waals surface area contributed by atoms with Crippen LogP contribution in [-0.2, 0) is 16.0 Å². The van der Waals surface area contributed by atoms with Crippen molar-refractivity contribution in [2.24, 2.45) is 0 Å². The molecule has 136 valence electrons. The summed E-state index contributed by atoms with van der Waals surface area (Å²) in [5.74, 6) is 0.979. The number of carbonyl (C=O) groups excluding carboxylic acids is 2. The fourth-order valence-electron chi connectivity index (χ4n) is 2.65. The van der Waals surface area contributed by atoms with Gasteiger partial charge in [0.15, 0.2) is 11.5 Å². The molecule has 2 aromatic carbocycles. The number of nitrogens with one attached hydrogen (secondary N) is 1. The summed E-state index contributed by atoms with van der Waals surface area (Å²) in [7, 11) is 1.62. The van der Waals surface area contributed by atoms with Gasteiger partial charge in [0.05, 0.1) is 13.0 Å². The minimum absolute atomic E-state index is 0.00272. The lowest BCUT2D eigenvalue weighted by atomic mass is 10.1. The Morgan fingerprint density at radius 3 is 2.46 bits per heavy atom. The maximum Gasteiger partial charge on any atom is 0.243 e. The summed E-state index contributed by atoms with van der Waals surface area (Å²) in [4.78, 5) is 25.9. The number of carbonyl (C=O) groups is 2. The van der Waals surface area contributed by atoms with Crippen LogP contribution in [0.15, 0.2) is 42.5 Å². The molecule has 2 amide bonds. The fraction of sp³-hybridized carbons (Fsp3) is 0.300. The zero-order chi connectivity index (χ0) is 18.5. The molecule has 1 heterocycles. The highest BCUT2D eigenvalue weighted by atomic mass is 16.6. The average molecular weight is 354 g/mol. The molecule has 6 nitrogen and oxygen atoms in total. The van der Waals surface area contributed by atoms with E-state index in [0.717, 1.165) is 11.1 Å². The molecular formula is C20H22N2O4. The third-order valence-corrected chi connectivity index (χ3v) is 4.10. The molecule has 0 unspecified atom stereocenters. The van der Waals surface area contributed by atoms with E-state index in [2.05, 4.69) is 5.32 Å². The van der Waals surface area contributed by atoms with Gasteiger partial charge >= 0.3 is 0 Å². The summed E-state index contributed by atoms with van der Waals surface area (Å²) < 4.78 is 11.0. The fourth-order valence-corrected chi connectivity index (χ4v) is 2.65. The van der Waals surface area contributed by atoms with Crippen LogP contribution >= 0.6 is 0 Å². The van der Waals surface area contributed by atoms with E-state index < -0.39 is 0 Å². The molecule has 0 radical (unpaired) electrons. The van der Waals surface area contributed by atoms with E-state index in [1.807, 2.05) is 43.3 Å². The Kier molecular flexibility index (Phi) is 5.41. The lowest BCUT2D eigenvalue weighted by molar-refractivity contribution is -0.132. The Morgan fingerprint density at radius 1 is 1.04 bits per heavy atom. The van der Waals surface area contributed by atoms with E-state index in [9.17, 15) is 9.59 Å². The predicted octanol–water partition coefficient (Wildman–Crippen LogP) is 2.41. The number of aryl methyl sites for hydroxylation is 1. The Hall–Kier alpha value is -3.02. The van der Waals surface area contributed by atoms with Crippen LogP contribution in [0.4, 0.5) is 5.69 Å². The maximum absolute atomic E-state index is 12.4. The molecule has 3 rings (SSSR count). The van der Waals surface area contributed by atoms with Gasteiger partial charge in [-0.15, -0.1) is 0 Å². The van der Waals surface area contributed by atoms with Gasteiger partial charge in [-0.25, -0.2) is 0 Å². The number of amides is 2. The van der Waals surface area contributed by atoms with Crippen LogP contribution in [0.2, 0.25) is 0 Å². The summed E-state index contributed by atoms with van der Waals surface area (Å²) in [6.45, 7) is 3.01. The number of anilines is 1. The number of nitrogens with zero attached hydrogens (tertiary/aromatic N) is 1. The zero-order valence-electron chi connectivity index (χ0n) is 15.0. The van der Waals surface area contributed by atoms with Crippen molar-refractivity contribution in [3.63, 3.8) is 0 Å². The third kappa shape index (κ3) is 4.53. The first kappa shape index (κ1) is 17.8. The van der Waals surface area contributed by atoms with Crippen LogP contribution in [0.25, 0.3) is 0 Å². The van der Waals surface area contributed by atoms with Crippen molar-refractivity contribution in [3.8, 4) is 11.5 Å². The first-order chi connectivity index (χ1) is 12.5. The molecule has 0 bridgehead atoms. The van der Waals surface area contributed by atoms with E-state index in [1.165, 1.54) is 4.90 Å². The highest BCUT2D eigenvalue weighted by Gasteiger charge is 2.16. The molecule has 1 N–H and O–H groups in total. The minimum atomic E-state index is -0.230. The molecule has 0 fully saturated rings. The molecule has 0 spiro atoms. The van der Waals surface area contributed by atoms with E-state index in [1.54, 1.807) is 13.1 Å². The van der Waals surface area contributed by atoms with Gasteiger partial charge in [0.2, 0.25) is 11.8 Å². The van der Waals surface area contributed by atoms with Crippen molar-refractivity contribution in [3.05, 3.63) is 53.6 Å². The lowest BCUT2D eigenvalue weighted by Crippen LogP contribution is -2.35. The molecule has 26 heavy (non-hydrogen) atoms. The van der Waals surface area contributed by atoms with Gasteiger partial charge in [-0.1, -0.05) is 23.8 Å². The van der Waals surface area contributed by atoms with Crippen LogP contribution in [0.5, 0.6) is 11.5 Å². The van der Waals surface area contributed by atoms with Gasteiger partial charge in [-0.05, 0) is 36.8 Å². The van der Waals surface area contributed by atoms with Gasteiger partial charge < -0.3 is 19.7 Å². The van der Waals surface area contributed by atoms with Gasteiger partial charge in [-0.2, -0.15) is 0 Å². The molecule has 0 aromatic heterocycles. The SMILES string of the molecule is Cc1ccc(NC(=O)CN(C)C(=O)Cc2ccc3c(c2)OCCO3)cc1. The topological polar surface area (TPSA) is 67.9 Å². The number of hydrogen-bond donors (Lipinski definition) is 1. The minimum Gasteiger partial charge on any atom is -0.486 e. The lowest BCUT2D eigenvalue weighted by Gasteiger charge is -2.20. The van der Waals surface area contributed by atoms with Crippen LogP contribution in [0, 0.1) is 6.92 Å². The van der Waals surface area contributed by atoms with Crippen molar-refractivity contribution in [2.75, 3.05) is 32.1 Å². The molecule has 1 aliphatic rings. The summed E-state index contributed by atoms with van der Waals surface area (Å²) in [6.07, 6.45) is 0.199. The van der Waals surface area contributed by atoms with E-state index in [4.69, 9.17) is 9.47 Å². The molecular weight excluding hydrogens is 332 g/mol. The zero-order valence-corrected chi connectivity index (χ0v) is 15.0. The van der Waals surface area contributed by atoms with Crippen molar-refractivity contribution >= 4 is 17.5 Å². The van der Waals surface area contributed by atoms with Crippen molar-refractivity contribution < 1.29 is 19.1 Å². The second kappa shape index (κ2) is 7.91. The number of ether oxygens (including phenoxy) is 2. The second-order valence-corrected chi connectivity index (χ2v) is 6.32. The molecule has 0 aliphatic carbocycles. The number of hydrogen-bond acceptors (Lipinski definition) is 4. The number of rotatable bonds is 5. The van der Waals surface area contributed by atoms with E-state index in [0.29, 0.717) is 30.4 Å². The highest BCUT2D eigenvalue weighted by Crippen LogP contribution is 2.30. The standard InChI is InChI=1S/C20H22N2O4/c1-14-3-6-16(7-4-14)21-19(23)13-22(2)20(24)12-15-5-8-17-18(11-15)26-10-9-25-17/h3-8,11H,9-10,12-13H2,1-2H3,(H,21,23). The Balaban J connectivity index is 1.54. The highest BCUT2D eigenvalue weighted by molar-refractivity contribution is 5.94. The number of fused-ring (bicyclic) bond motifs is 1. The quantitative estimate of drug-likeness (QED) is 0.895. The summed E-state index contributed by atoms with van der Waals surface area (Å²) in [5, 5.41) is 2.79.